The Kier molecular flexibility index (Phi) is 12.4. The Labute approximate surface area is 272 Å². The van der Waals surface area contributed by atoms with E-state index in [1.165, 1.54) is 6.92 Å². The van der Waals surface area contributed by atoms with E-state index in [2.05, 4.69) is 0 Å². The van der Waals surface area contributed by atoms with Gasteiger partial charge in [-0.05, 0) is 51.9 Å². The van der Waals surface area contributed by atoms with Crippen molar-refractivity contribution in [3.63, 3.8) is 0 Å². The summed E-state index contributed by atoms with van der Waals surface area (Å²) in [5.74, 6) is -3.19. The number of aliphatic carboxylic acids is 1. The van der Waals surface area contributed by atoms with Crippen molar-refractivity contribution in [2.24, 2.45) is 17.8 Å². The van der Waals surface area contributed by atoms with Crippen LogP contribution in [-0.2, 0) is 38.0 Å². The molecule has 47 heavy (non-hydrogen) atoms. The summed E-state index contributed by atoms with van der Waals surface area (Å²) >= 11 is 0. The molecule has 0 aromatic carbocycles. The fraction of sp³-hybridized carbons (Fsp3) is 0.806. The van der Waals surface area contributed by atoms with Gasteiger partial charge in [0.15, 0.2) is 18.2 Å². The van der Waals surface area contributed by atoms with Gasteiger partial charge < -0.3 is 69.3 Å². The molecule has 16 heteroatoms. The van der Waals surface area contributed by atoms with E-state index in [4.69, 9.17) is 33.5 Å². The van der Waals surface area contributed by atoms with Crippen molar-refractivity contribution in [1.82, 2.24) is 0 Å². The third-order valence-corrected chi connectivity index (χ3v) is 9.58. The zero-order valence-electron chi connectivity index (χ0n) is 26.7. The monoisotopic (exact) mass is 676 g/mol. The summed E-state index contributed by atoms with van der Waals surface area (Å²) in [4.78, 5) is 24.3. The number of aliphatic hydroxyl groups is 7. The van der Waals surface area contributed by atoms with E-state index in [9.17, 15) is 45.3 Å². The number of esters is 1. The molecule has 1 saturated carbocycles. The maximum absolute atomic E-state index is 12.5. The molecule has 0 amide bonds. The van der Waals surface area contributed by atoms with Crippen LogP contribution in [0.2, 0.25) is 0 Å². The first kappa shape index (κ1) is 37.6. The van der Waals surface area contributed by atoms with Gasteiger partial charge in [-0.1, -0.05) is 13.0 Å². The van der Waals surface area contributed by atoms with Crippen molar-refractivity contribution in [3.05, 3.63) is 23.5 Å². The Bertz CT molecular complexity index is 1160. The number of hydrogen-bond donors (Lipinski definition) is 8. The van der Waals surface area contributed by atoms with Crippen LogP contribution in [0.1, 0.15) is 52.9 Å². The predicted molar refractivity (Wildman–Crippen MR) is 157 cm³/mol. The van der Waals surface area contributed by atoms with Crippen LogP contribution in [0.5, 0.6) is 0 Å². The lowest BCUT2D eigenvalue weighted by Gasteiger charge is -2.45. The lowest BCUT2D eigenvalue weighted by atomic mass is 9.81. The Morgan fingerprint density at radius 1 is 1.09 bits per heavy atom. The summed E-state index contributed by atoms with van der Waals surface area (Å²) in [6.45, 7) is 3.20. The second-order valence-corrected chi connectivity index (χ2v) is 13.2. The van der Waals surface area contributed by atoms with Crippen molar-refractivity contribution in [2.75, 3.05) is 26.4 Å². The highest BCUT2D eigenvalue weighted by atomic mass is 16.8. The zero-order chi connectivity index (χ0) is 34.7. The summed E-state index contributed by atoms with van der Waals surface area (Å²) in [7, 11) is 0. The highest BCUT2D eigenvalue weighted by Gasteiger charge is 2.58. The summed E-state index contributed by atoms with van der Waals surface area (Å²) in [6, 6.07) is 0. The van der Waals surface area contributed by atoms with Crippen LogP contribution >= 0.6 is 0 Å². The molecule has 2 saturated heterocycles. The number of carboxylic acid groups (broad SMARTS) is 1. The maximum Gasteiger partial charge on any atom is 0.334 e. The van der Waals surface area contributed by atoms with E-state index >= 15 is 0 Å². The van der Waals surface area contributed by atoms with Gasteiger partial charge in [0.1, 0.15) is 37.1 Å². The third-order valence-electron chi connectivity index (χ3n) is 9.58. The van der Waals surface area contributed by atoms with Gasteiger partial charge in [-0.3, -0.25) is 0 Å². The Hall–Kier alpha value is -2.22. The standard InChI is InChI=1S/C31H48O16/c1-15(8-10-32)5-4-6-16(2)26(39)43-13-31(41)14-44-29(24(31)36)46-23-22(35)21(34)19(11-33)45-28(23)47-27-20-17(7-9-30(20,3)40)18(12-42-27)25(37)38/h6,12,15,17,19-24,27-29,32-36,40-41H,4-5,7-11,13-14H2,1-3H3,(H,37,38)/b16-6+/t15?,17?,19?,20?,21?,22?,23?,24?,27?,28?,29-,30+,31+/m1/s1. The third kappa shape index (κ3) is 8.33. The minimum absolute atomic E-state index is 0.0468. The molecule has 8 N–H and O–H groups in total. The largest absolute Gasteiger partial charge is 0.478 e. The number of ether oxygens (including phenoxy) is 6. The molecule has 4 aliphatic rings. The molecule has 3 fully saturated rings. The first-order valence-corrected chi connectivity index (χ1v) is 15.8. The smallest absolute Gasteiger partial charge is 0.334 e. The van der Waals surface area contributed by atoms with E-state index < -0.39 is 104 Å². The number of fused-ring (bicyclic) bond motifs is 1. The van der Waals surface area contributed by atoms with Crippen LogP contribution in [0, 0.1) is 17.8 Å². The van der Waals surface area contributed by atoms with E-state index in [-0.39, 0.29) is 24.5 Å². The van der Waals surface area contributed by atoms with Crippen molar-refractivity contribution >= 4 is 11.9 Å². The number of carbonyl (C=O) groups is 2. The quantitative estimate of drug-likeness (QED) is 0.0783. The van der Waals surface area contributed by atoms with E-state index in [0.29, 0.717) is 24.8 Å². The second kappa shape index (κ2) is 15.6. The van der Waals surface area contributed by atoms with E-state index in [1.54, 1.807) is 13.0 Å². The first-order chi connectivity index (χ1) is 22.1. The van der Waals surface area contributed by atoms with Gasteiger partial charge >= 0.3 is 11.9 Å². The molecule has 0 aromatic rings. The molecule has 3 heterocycles. The van der Waals surface area contributed by atoms with Crippen molar-refractivity contribution in [2.45, 2.75) is 113 Å². The van der Waals surface area contributed by atoms with Gasteiger partial charge in [-0.15, -0.1) is 0 Å². The van der Waals surface area contributed by atoms with Crippen LogP contribution in [-0.4, -0.2) is 140 Å². The van der Waals surface area contributed by atoms with E-state index in [1.807, 2.05) is 6.92 Å². The summed E-state index contributed by atoms with van der Waals surface area (Å²) < 4.78 is 33.8. The molecule has 16 nitrogen and oxygen atoms in total. The normalized spacial score (nSPS) is 41.1. The van der Waals surface area contributed by atoms with Crippen molar-refractivity contribution in [3.8, 4) is 0 Å². The first-order valence-electron chi connectivity index (χ1n) is 15.8. The number of carboxylic acids is 1. The van der Waals surface area contributed by atoms with Crippen LogP contribution in [0.3, 0.4) is 0 Å². The number of rotatable bonds is 14. The average Bonchev–Trinajstić information content (AvgIpc) is 3.50. The minimum Gasteiger partial charge on any atom is -0.478 e. The lowest BCUT2D eigenvalue weighted by molar-refractivity contribution is -0.368. The molecule has 13 atom stereocenters. The highest BCUT2D eigenvalue weighted by molar-refractivity contribution is 5.88. The maximum atomic E-state index is 12.5. The number of carbonyl (C=O) groups excluding carboxylic acids is 1. The lowest BCUT2D eigenvalue weighted by Crippen LogP contribution is -2.62. The van der Waals surface area contributed by atoms with Crippen LogP contribution in [0.15, 0.2) is 23.5 Å². The molecule has 0 radical (unpaired) electrons. The zero-order valence-corrected chi connectivity index (χ0v) is 26.7. The number of allylic oxidation sites excluding steroid dienone is 1. The molecular formula is C31H48O16. The Morgan fingerprint density at radius 2 is 1.81 bits per heavy atom. The second-order valence-electron chi connectivity index (χ2n) is 13.2. The molecular weight excluding hydrogens is 628 g/mol. The van der Waals surface area contributed by atoms with Gasteiger partial charge in [0.05, 0.1) is 36.6 Å². The van der Waals surface area contributed by atoms with Gasteiger partial charge in [0, 0.05) is 18.1 Å². The highest BCUT2D eigenvalue weighted by Crippen LogP contribution is 2.49. The SMILES string of the molecule is C/C(=C\CCC(C)CCO)C(=O)OC[C@]1(O)CO[C@H](OC2C(OC3OC=C(C(=O)O)C4CC[C@](C)(O)C34)OC(CO)C(O)C2O)C1O. The van der Waals surface area contributed by atoms with E-state index in [0.717, 1.165) is 12.7 Å². The minimum atomic E-state index is -2.11. The molecule has 4 rings (SSSR count). The molecule has 0 aromatic heterocycles. The predicted octanol–water partition coefficient (Wildman–Crippen LogP) is -1.33. The fourth-order valence-electron chi connectivity index (χ4n) is 6.53. The summed E-state index contributed by atoms with van der Waals surface area (Å²) in [5, 5.41) is 83.1. The molecule has 3 aliphatic heterocycles. The van der Waals surface area contributed by atoms with Gasteiger partial charge in [-0.25, -0.2) is 9.59 Å². The van der Waals surface area contributed by atoms with Crippen LogP contribution < -0.4 is 0 Å². The topological polar surface area (TPSA) is 251 Å². The molecule has 0 bridgehead atoms. The molecule has 268 valence electrons. The van der Waals surface area contributed by atoms with Gasteiger partial charge in [-0.2, -0.15) is 0 Å². The Balaban J connectivity index is 1.43. The van der Waals surface area contributed by atoms with Crippen molar-refractivity contribution in [1.29, 1.82) is 0 Å². The summed E-state index contributed by atoms with van der Waals surface area (Å²) in [5.41, 5.74) is -3.28. The number of aliphatic hydroxyl groups excluding tert-OH is 5. The Morgan fingerprint density at radius 3 is 2.47 bits per heavy atom. The summed E-state index contributed by atoms with van der Waals surface area (Å²) in [6.07, 6.45) is -7.54. The molecule has 10 unspecified atom stereocenters. The number of hydrogen-bond acceptors (Lipinski definition) is 15. The van der Waals surface area contributed by atoms with Gasteiger partial charge in [0.2, 0.25) is 6.29 Å². The average molecular weight is 677 g/mol. The van der Waals surface area contributed by atoms with Crippen molar-refractivity contribution < 1.29 is 78.9 Å². The van der Waals surface area contributed by atoms with Crippen LogP contribution in [0.25, 0.3) is 0 Å². The molecule has 1 aliphatic carbocycles. The molecule has 0 spiro atoms. The van der Waals surface area contributed by atoms with Crippen LogP contribution in [0.4, 0.5) is 0 Å². The fourth-order valence-corrected chi connectivity index (χ4v) is 6.53. The van der Waals surface area contributed by atoms with Gasteiger partial charge in [0.25, 0.3) is 0 Å².